The van der Waals surface area contributed by atoms with E-state index in [-0.39, 0.29) is 0 Å². The first kappa shape index (κ1) is 16.8. The molecule has 0 radical (unpaired) electrons. The summed E-state index contributed by atoms with van der Waals surface area (Å²) in [6, 6.07) is 11.6. The Hall–Kier alpha value is -0.550. The van der Waals surface area contributed by atoms with E-state index in [0.717, 1.165) is 39.8 Å². The maximum Gasteiger partial charge on any atom is 0.146 e. The number of hydrogen-bond acceptors (Lipinski definition) is 2. The molecule has 2 aromatic carbocycles. The topological polar surface area (TPSA) is 21.3 Å². The molecule has 21 heavy (non-hydrogen) atoms. The third-order valence-corrected chi connectivity index (χ3v) is 4.27. The molecule has 112 valence electrons. The highest BCUT2D eigenvalue weighted by Gasteiger charge is 2.07. The van der Waals surface area contributed by atoms with Gasteiger partial charge < -0.3 is 10.1 Å². The maximum absolute atomic E-state index is 6.30. The van der Waals surface area contributed by atoms with Gasteiger partial charge in [0.1, 0.15) is 11.5 Å². The van der Waals surface area contributed by atoms with Crippen molar-refractivity contribution in [2.24, 2.45) is 0 Å². The molecular formula is C16H16Br2ClNO. The lowest BCUT2D eigenvalue weighted by atomic mass is 10.2. The molecule has 0 aliphatic carbocycles. The molecule has 2 nitrogen and oxygen atoms in total. The summed E-state index contributed by atoms with van der Waals surface area (Å²) in [5, 5.41) is 3.96. The first-order valence-corrected chi connectivity index (χ1v) is 8.68. The molecule has 0 saturated heterocycles. The van der Waals surface area contributed by atoms with Gasteiger partial charge in [0, 0.05) is 11.0 Å². The van der Waals surface area contributed by atoms with Crippen LogP contribution in [-0.4, -0.2) is 6.54 Å². The molecule has 0 spiro atoms. The van der Waals surface area contributed by atoms with Crippen LogP contribution in [0.1, 0.15) is 18.9 Å². The third-order valence-electron chi connectivity index (χ3n) is 2.87. The lowest BCUT2D eigenvalue weighted by Crippen LogP contribution is -2.13. The molecule has 1 N–H and O–H groups in total. The van der Waals surface area contributed by atoms with Crippen LogP contribution in [0, 0.1) is 0 Å². The second kappa shape index (κ2) is 8.18. The molecule has 0 unspecified atom stereocenters. The lowest BCUT2D eigenvalue weighted by molar-refractivity contribution is 0.479. The zero-order valence-corrected chi connectivity index (χ0v) is 15.6. The van der Waals surface area contributed by atoms with Crippen LogP contribution in [0.3, 0.4) is 0 Å². The molecule has 0 fully saturated rings. The van der Waals surface area contributed by atoms with Crippen molar-refractivity contribution in [1.29, 1.82) is 0 Å². The van der Waals surface area contributed by atoms with E-state index in [2.05, 4.69) is 44.1 Å². The summed E-state index contributed by atoms with van der Waals surface area (Å²) in [6.07, 6.45) is 1.12. The summed E-state index contributed by atoms with van der Waals surface area (Å²) in [5.41, 5.74) is 1.15. The van der Waals surface area contributed by atoms with Crippen molar-refractivity contribution in [2.45, 2.75) is 19.9 Å². The predicted molar refractivity (Wildman–Crippen MR) is 95.4 cm³/mol. The Bertz CT molecular complexity index is 619. The van der Waals surface area contributed by atoms with Gasteiger partial charge in [0.05, 0.1) is 9.50 Å². The molecule has 2 rings (SSSR count). The van der Waals surface area contributed by atoms with Crippen LogP contribution in [-0.2, 0) is 6.54 Å². The van der Waals surface area contributed by atoms with Crippen LogP contribution in [0.4, 0.5) is 0 Å². The molecule has 0 aliphatic rings. The number of hydrogen-bond donors (Lipinski definition) is 1. The second-order valence-corrected chi connectivity index (χ2v) is 6.80. The number of rotatable bonds is 6. The highest BCUT2D eigenvalue weighted by atomic mass is 79.9. The smallest absolute Gasteiger partial charge is 0.146 e. The van der Waals surface area contributed by atoms with Gasteiger partial charge in [-0.2, -0.15) is 0 Å². The van der Waals surface area contributed by atoms with E-state index in [1.807, 2.05) is 36.4 Å². The molecule has 2 aromatic rings. The number of ether oxygens (including phenoxy) is 1. The molecule has 0 bridgehead atoms. The van der Waals surface area contributed by atoms with Crippen LogP contribution >= 0.6 is 43.5 Å². The van der Waals surface area contributed by atoms with E-state index in [0.29, 0.717) is 10.8 Å². The van der Waals surface area contributed by atoms with E-state index in [9.17, 15) is 0 Å². The third kappa shape index (κ3) is 4.99. The maximum atomic E-state index is 6.30. The molecule has 0 heterocycles. The van der Waals surface area contributed by atoms with Gasteiger partial charge in [-0.25, -0.2) is 0 Å². The summed E-state index contributed by atoms with van der Waals surface area (Å²) in [5.74, 6) is 1.39. The fraction of sp³-hybridized carbons (Fsp3) is 0.250. The fourth-order valence-electron chi connectivity index (χ4n) is 1.82. The van der Waals surface area contributed by atoms with Gasteiger partial charge >= 0.3 is 0 Å². The van der Waals surface area contributed by atoms with Crippen molar-refractivity contribution >= 4 is 43.5 Å². The Balaban J connectivity index is 2.10. The Morgan fingerprint density at radius 1 is 1.10 bits per heavy atom. The van der Waals surface area contributed by atoms with Crippen LogP contribution < -0.4 is 10.1 Å². The average molecular weight is 434 g/mol. The van der Waals surface area contributed by atoms with Crippen molar-refractivity contribution in [3.63, 3.8) is 0 Å². The highest BCUT2D eigenvalue weighted by molar-refractivity contribution is 9.11. The number of nitrogens with one attached hydrogen (secondary N) is 1. The molecule has 0 aromatic heterocycles. The van der Waals surface area contributed by atoms with E-state index in [4.69, 9.17) is 16.3 Å². The summed E-state index contributed by atoms with van der Waals surface area (Å²) in [7, 11) is 0. The quantitative estimate of drug-likeness (QED) is 0.551. The first-order valence-electron chi connectivity index (χ1n) is 6.72. The van der Waals surface area contributed by atoms with E-state index in [1.54, 1.807) is 0 Å². The summed E-state index contributed by atoms with van der Waals surface area (Å²) < 4.78 is 7.72. The normalized spacial score (nSPS) is 10.7. The minimum Gasteiger partial charge on any atom is -0.455 e. The highest BCUT2D eigenvalue weighted by Crippen LogP contribution is 2.35. The minimum absolute atomic E-state index is 0.612. The Morgan fingerprint density at radius 3 is 2.52 bits per heavy atom. The molecule has 0 saturated carbocycles. The number of benzene rings is 2. The van der Waals surface area contributed by atoms with Gasteiger partial charge in [0.15, 0.2) is 0 Å². The van der Waals surface area contributed by atoms with Crippen molar-refractivity contribution < 1.29 is 4.74 Å². The molecule has 0 amide bonds. The van der Waals surface area contributed by atoms with E-state index in [1.165, 1.54) is 0 Å². The van der Waals surface area contributed by atoms with Crippen molar-refractivity contribution in [2.75, 3.05) is 6.54 Å². The lowest BCUT2D eigenvalue weighted by Gasteiger charge is -2.11. The van der Waals surface area contributed by atoms with Gasteiger partial charge in [-0.15, -0.1) is 0 Å². The van der Waals surface area contributed by atoms with Gasteiger partial charge in [0.25, 0.3) is 0 Å². The van der Waals surface area contributed by atoms with E-state index >= 15 is 0 Å². The van der Waals surface area contributed by atoms with Crippen molar-refractivity contribution in [1.82, 2.24) is 5.32 Å². The van der Waals surface area contributed by atoms with Crippen molar-refractivity contribution in [3.8, 4) is 11.5 Å². The van der Waals surface area contributed by atoms with E-state index < -0.39 is 0 Å². The van der Waals surface area contributed by atoms with Gasteiger partial charge in [-0.3, -0.25) is 0 Å². The summed E-state index contributed by atoms with van der Waals surface area (Å²) >= 11 is 13.2. The van der Waals surface area contributed by atoms with Crippen LogP contribution in [0.2, 0.25) is 5.02 Å². The van der Waals surface area contributed by atoms with Crippen LogP contribution in [0.5, 0.6) is 11.5 Å². The van der Waals surface area contributed by atoms with Crippen LogP contribution in [0.25, 0.3) is 0 Å². The van der Waals surface area contributed by atoms with Crippen molar-refractivity contribution in [3.05, 3.63) is 55.9 Å². The Labute approximate surface area is 147 Å². The summed E-state index contributed by atoms with van der Waals surface area (Å²) in [6.45, 7) is 3.96. The Morgan fingerprint density at radius 2 is 1.86 bits per heavy atom. The fourth-order valence-corrected chi connectivity index (χ4v) is 3.19. The molecule has 0 aliphatic heterocycles. The SMILES string of the molecule is CCCNCc1ccc(Oc2ccc(Br)cc2Br)c(Cl)c1. The zero-order valence-electron chi connectivity index (χ0n) is 11.6. The minimum atomic E-state index is 0.612. The molecular weight excluding hydrogens is 417 g/mol. The largest absolute Gasteiger partial charge is 0.455 e. The van der Waals surface area contributed by atoms with Crippen LogP contribution in [0.15, 0.2) is 45.3 Å². The first-order chi connectivity index (χ1) is 10.1. The second-order valence-electron chi connectivity index (χ2n) is 4.62. The predicted octanol–water partition coefficient (Wildman–Crippen LogP) is 6.16. The molecule has 0 atom stereocenters. The monoisotopic (exact) mass is 431 g/mol. The zero-order chi connectivity index (χ0) is 15.2. The average Bonchev–Trinajstić information content (AvgIpc) is 2.44. The number of halogens is 3. The van der Waals surface area contributed by atoms with Gasteiger partial charge in [0.2, 0.25) is 0 Å². The van der Waals surface area contributed by atoms with Gasteiger partial charge in [-0.05, 0) is 64.8 Å². The Kier molecular flexibility index (Phi) is 6.55. The van der Waals surface area contributed by atoms with Gasteiger partial charge in [-0.1, -0.05) is 40.5 Å². The molecule has 5 heteroatoms. The standard InChI is InChI=1S/C16H16Br2ClNO/c1-2-7-20-10-11-3-5-16(14(19)8-11)21-15-6-4-12(17)9-13(15)18/h3-6,8-9,20H,2,7,10H2,1H3. The summed E-state index contributed by atoms with van der Waals surface area (Å²) in [4.78, 5) is 0.